The fourth-order valence-corrected chi connectivity index (χ4v) is 4.10. The number of nitrogens with zero attached hydrogens (tertiary/aromatic N) is 3. The summed E-state index contributed by atoms with van der Waals surface area (Å²) in [7, 11) is 0. The van der Waals surface area contributed by atoms with Crippen LogP contribution in [-0.4, -0.2) is 28.1 Å². The molecule has 0 saturated carbocycles. The Morgan fingerprint density at radius 3 is 2.86 bits per heavy atom. The average molecular weight is 399 g/mol. The molecule has 9 heteroatoms. The van der Waals surface area contributed by atoms with E-state index in [2.05, 4.69) is 4.99 Å². The summed E-state index contributed by atoms with van der Waals surface area (Å²) in [6.45, 7) is 2.75. The molecule has 0 N–H and O–H groups in total. The Labute approximate surface area is 163 Å². The molecule has 1 aliphatic rings. The van der Waals surface area contributed by atoms with Gasteiger partial charge >= 0.3 is 0 Å². The summed E-state index contributed by atoms with van der Waals surface area (Å²) in [6.07, 6.45) is 0.00480. The number of para-hydroxylation sites is 2. The number of rotatable bonds is 4. The summed E-state index contributed by atoms with van der Waals surface area (Å²) in [6, 6.07) is 11.8. The van der Waals surface area contributed by atoms with E-state index >= 15 is 0 Å². The lowest BCUT2D eigenvalue weighted by molar-refractivity contribution is -0.384. The highest BCUT2D eigenvalue weighted by atomic mass is 32.1. The molecule has 28 heavy (non-hydrogen) atoms. The molecule has 0 bridgehead atoms. The molecule has 1 aromatic heterocycles. The summed E-state index contributed by atoms with van der Waals surface area (Å²) >= 11 is 1.25. The number of aromatic nitrogens is 1. The highest BCUT2D eigenvalue weighted by Crippen LogP contribution is 2.31. The predicted molar refractivity (Wildman–Crippen MR) is 104 cm³/mol. The number of ether oxygens (including phenoxy) is 2. The molecule has 2 heterocycles. The Hall–Kier alpha value is -3.20. The maximum absolute atomic E-state index is 12.7. The van der Waals surface area contributed by atoms with Crippen LogP contribution in [0.4, 0.5) is 5.69 Å². The van der Waals surface area contributed by atoms with Crippen molar-refractivity contribution in [3.63, 3.8) is 0 Å². The van der Waals surface area contributed by atoms with E-state index in [1.165, 1.54) is 23.5 Å². The number of amides is 1. The van der Waals surface area contributed by atoms with Gasteiger partial charge in [-0.25, -0.2) is 0 Å². The highest BCUT2D eigenvalue weighted by Gasteiger charge is 2.27. The van der Waals surface area contributed by atoms with Gasteiger partial charge in [-0.3, -0.25) is 14.9 Å². The van der Waals surface area contributed by atoms with Gasteiger partial charge in [-0.2, -0.15) is 4.99 Å². The first-order valence-electron chi connectivity index (χ1n) is 8.81. The fraction of sp³-hybridized carbons (Fsp3) is 0.263. The standard InChI is InChI=1S/C19H17N3O5S/c1-2-9-21-13-8-7-12(22(24)25)10-17(13)28-19(21)20-18(23)16-11-26-14-5-3-4-6-15(14)27-16/h3-8,10,16H,2,9,11H2,1H3/t16-/m0/s1. The lowest BCUT2D eigenvalue weighted by atomic mass is 10.2. The zero-order chi connectivity index (χ0) is 19.7. The van der Waals surface area contributed by atoms with Gasteiger partial charge in [0.1, 0.15) is 6.61 Å². The van der Waals surface area contributed by atoms with Gasteiger partial charge in [-0.05, 0) is 24.6 Å². The maximum Gasteiger partial charge on any atom is 0.292 e. The molecule has 144 valence electrons. The number of fused-ring (bicyclic) bond motifs is 2. The van der Waals surface area contributed by atoms with Crippen molar-refractivity contribution in [1.29, 1.82) is 0 Å². The maximum atomic E-state index is 12.7. The van der Waals surface area contributed by atoms with Gasteiger partial charge < -0.3 is 14.0 Å². The van der Waals surface area contributed by atoms with Gasteiger partial charge in [0.2, 0.25) is 6.10 Å². The Balaban J connectivity index is 1.71. The second-order valence-corrected chi connectivity index (χ2v) is 7.27. The van der Waals surface area contributed by atoms with Crippen molar-refractivity contribution in [3.05, 3.63) is 57.4 Å². The molecule has 1 amide bonds. The Bertz CT molecular complexity index is 1130. The topological polar surface area (TPSA) is 96.0 Å². The van der Waals surface area contributed by atoms with Gasteiger partial charge in [0.05, 0.1) is 15.1 Å². The van der Waals surface area contributed by atoms with Gasteiger partial charge in [-0.1, -0.05) is 30.4 Å². The van der Waals surface area contributed by atoms with Gasteiger partial charge in [-0.15, -0.1) is 0 Å². The molecule has 0 fully saturated rings. The van der Waals surface area contributed by atoms with E-state index in [0.29, 0.717) is 27.5 Å². The van der Waals surface area contributed by atoms with Crippen LogP contribution in [-0.2, 0) is 11.3 Å². The largest absolute Gasteiger partial charge is 0.485 e. The summed E-state index contributed by atoms with van der Waals surface area (Å²) in [5.41, 5.74) is 0.825. The molecule has 2 aromatic carbocycles. The highest BCUT2D eigenvalue weighted by molar-refractivity contribution is 7.16. The first-order valence-corrected chi connectivity index (χ1v) is 9.63. The quantitative estimate of drug-likeness (QED) is 0.495. The van der Waals surface area contributed by atoms with Crippen molar-refractivity contribution in [3.8, 4) is 11.5 Å². The summed E-state index contributed by atoms with van der Waals surface area (Å²) in [4.78, 5) is 28.1. The molecule has 0 radical (unpaired) electrons. The summed E-state index contributed by atoms with van der Waals surface area (Å²) in [5, 5.41) is 11.0. The van der Waals surface area contributed by atoms with Crippen LogP contribution in [0.5, 0.6) is 11.5 Å². The molecule has 0 spiro atoms. The number of hydrogen-bond acceptors (Lipinski definition) is 6. The first kappa shape index (κ1) is 18.2. The molecular weight excluding hydrogens is 382 g/mol. The Kier molecular flexibility index (Phi) is 4.82. The number of benzene rings is 2. The van der Waals surface area contributed by atoms with E-state index in [9.17, 15) is 14.9 Å². The van der Waals surface area contributed by atoms with E-state index in [-0.39, 0.29) is 12.3 Å². The van der Waals surface area contributed by atoms with Crippen LogP contribution in [0.1, 0.15) is 13.3 Å². The van der Waals surface area contributed by atoms with Crippen LogP contribution in [0, 0.1) is 10.1 Å². The van der Waals surface area contributed by atoms with Gasteiger partial charge in [0.15, 0.2) is 16.3 Å². The van der Waals surface area contributed by atoms with Crippen molar-refractivity contribution in [2.24, 2.45) is 4.99 Å². The smallest absolute Gasteiger partial charge is 0.292 e. The van der Waals surface area contributed by atoms with E-state index in [0.717, 1.165) is 11.9 Å². The van der Waals surface area contributed by atoms with E-state index in [4.69, 9.17) is 9.47 Å². The molecule has 8 nitrogen and oxygen atoms in total. The molecular formula is C19H17N3O5S. The van der Waals surface area contributed by atoms with Crippen molar-refractivity contribution in [2.45, 2.75) is 26.0 Å². The number of nitro benzene ring substituents is 1. The summed E-state index contributed by atoms with van der Waals surface area (Å²) in [5.74, 6) is 0.665. The molecule has 1 aliphatic heterocycles. The molecule has 0 unspecified atom stereocenters. The second kappa shape index (κ2) is 7.43. The molecule has 0 saturated heterocycles. The van der Waals surface area contributed by atoms with Gasteiger partial charge in [0.25, 0.3) is 11.6 Å². The number of hydrogen-bond donors (Lipinski definition) is 0. The van der Waals surface area contributed by atoms with Crippen molar-refractivity contribution in [2.75, 3.05) is 6.61 Å². The normalized spacial score (nSPS) is 16.3. The van der Waals surface area contributed by atoms with Crippen LogP contribution in [0.3, 0.4) is 0 Å². The lowest BCUT2D eigenvalue weighted by Gasteiger charge is -2.23. The third-order valence-corrected chi connectivity index (χ3v) is 5.36. The monoisotopic (exact) mass is 399 g/mol. The van der Waals surface area contributed by atoms with E-state index in [1.54, 1.807) is 24.3 Å². The Morgan fingerprint density at radius 2 is 2.11 bits per heavy atom. The molecule has 3 aromatic rings. The number of carbonyl (C=O) groups is 1. The van der Waals surface area contributed by atoms with Crippen LogP contribution < -0.4 is 14.3 Å². The molecule has 1 atom stereocenters. The van der Waals surface area contributed by atoms with Crippen molar-refractivity contribution in [1.82, 2.24) is 4.57 Å². The van der Waals surface area contributed by atoms with Crippen LogP contribution >= 0.6 is 11.3 Å². The first-order chi connectivity index (χ1) is 13.6. The predicted octanol–water partition coefficient (Wildman–Crippen LogP) is 3.29. The summed E-state index contributed by atoms with van der Waals surface area (Å²) < 4.78 is 13.9. The zero-order valence-corrected chi connectivity index (χ0v) is 15.8. The number of thiazole rings is 1. The van der Waals surface area contributed by atoms with Crippen molar-refractivity contribution >= 4 is 33.1 Å². The zero-order valence-electron chi connectivity index (χ0n) is 15.0. The Morgan fingerprint density at radius 1 is 1.32 bits per heavy atom. The third kappa shape index (κ3) is 3.36. The second-order valence-electron chi connectivity index (χ2n) is 6.26. The van der Waals surface area contributed by atoms with E-state index in [1.807, 2.05) is 17.6 Å². The third-order valence-electron chi connectivity index (χ3n) is 4.31. The minimum absolute atomic E-state index is 0.0101. The van der Waals surface area contributed by atoms with Crippen LogP contribution in [0.15, 0.2) is 47.5 Å². The minimum atomic E-state index is -0.829. The van der Waals surface area contributed by atoms with Crippen LogP contribution in [0.2, 0.25) is 0 Å². The molecule has 0 aliphatic carbocycles. The number of carbonyl (C=O) groups excluding carboxylic acids is 1. The van der Waals surface area contributed by atoms with Gasteiger partial charge in [0, 0.05) is 18.7 Å². The fourth-order valence-electron chi connectivity index (χ4n) is 3.01. The minimum Gasteiger partial charge on any atom is -0.485 e. The number of nitro groups is 1. The molecule has 4 rings (SSSR count). The number of aryl methyl sites for hydroxylation is 1. The van der Waals surface area contributed by atoms with Crippen molar-refractivity contribution < 1.29 is 19.2 Å². The average Bonchev–Trinajstić information content (AvgIpc) is 3.04. The number of non-ortho nitro benzene ring substituents is 1. The van der Waals surface area contributed by atoms with E-state index < -0.39 is 16.9 Å². The SMILES string of the molecule is CCCn1c(=NC(=O)[C@@H]2COc3ccccc3O2)sc2cc([N+](=O)[O-])ccc21. The van der Waals surface area contributed by atoms with Crippen LogP contribution in [0.25, 0.3) is 10.2 Å². The lowest BCUT2D eigenvalue weighted by Crippen LogP contribution is -2.36.